The average molecular weight is 456 g/mol. The van der Waals surface area contributed by atoms with Gasteiger partial charge in [-0.1, -0.05) is 27.5 Å². The molecule has 5 nitrogen and oxygen atoms in total. The number of nitrogens with zero attached hydrogens (tertiary/aromatic N) is 1. The van der Waals surface area contributed by atoms with Gasteiger partial charge < -0.3 is 5.73 Å². The minimum Gasteiger partial charge on any atom is -0.398 e. The number of halogens is 3. The van der Waals surface area contributed by atoms with E-state index in [9.17, 15) is 8.42 Å². The summed E-state index contributed by atoms with van der Waals surface area (Å²) < 4.78 is 28.4. The molecule has 1 aromatic carbocycles. The zero-order chi connectivity index (χ0) is 15.8. The molecule has 0 fully saturated rings. The van der Waals surface area contributed by atoms with Gasteiger partial charge in [-0.2, -0.15) is 0 Å². The first-order chi connectivity index (χ1) is 9.70. The molecular formula is C12H10Br2ClN3O2S. The highest BCUT2D eigenvalue weighted by Crippen LogP contribution is 2.29. The molecule has 0 atom stereocenters. The van der Waals surface area contributed by atoms with E-state index in [2.05, 4.69) is 41.6 Å². The third-order valence-corrected chi connectivity index (χ3v) is 5.80. The van der Waals surface area contributed by atoms with E-state index in [0.717, 1.165) is 0 Å². The molecule has 0 radical (unpaired) electrons. The molecule has 2 aromatic rings. The van der Waals surface area contributed by atoms with E-state index in [0.29, 0.717) is 25.9 Å². The predicted molar refractivity (Wildman–Crippen MR) is 91.0 cm³/mol. The Bertz CT molecular complexity index is 812. The highest BCUT2D eigenvalue weighted by molar-refractivity contribution is 9.10. The molecule has 3 N–H and O–H groups in total. The number of rotatable bonds is 3. The van der Waals surface area contributed by atoms with Crippen LogP contribution in [-0.2, 0) is 10.0 Å². The lowest BCUT2D eigenvalue weighted by molar-refractivity contribution is 0.600. The fourth-order valence-corrected chi connectivity index (χ4v) is 4.05. The van der Waals surface area contributed by atoms with Gasteiger partial charge in [-0.05, 0) is 46.6 Å². The van der Waals surface area contributed by atoms with Crippen molar-refractivity contribution in [3.8, 4) is 0 Å². The summed E-state index contributed by atoms with van der Waals surface area (Å²) in [5, 5.41) is 0.251. The number of benzene rings is 1. The summed E-state index contributed by atoms with van der Waals surface area (Å²) in [5.41, 5.74) is 6.96. The van der Waals surface area contributed by atoms with Gasteiger partial charge in [0.05, 0.1) is 21.3 Å². The number of anilines is 2. The van der Waals surface area contributed by atoms with E-state index in [4.69, 9.17) is 17.3 Å². The molecule has 1 heterocycles. The topological polar surface area (TPSA) is 85.1 Å². The third-order valence-electron chi connectivity index (χ3n) is 2.70. The van der Waals surface area contributed by atoms with Crippen molar-refractivity contribution < 1.29 is 8.42 Å². The van der Waals surface area contributed by atoms with Crippen LogP contribution in [0.5, 0.6) is 0 Å². The van der Waals surface area contributed by atoms with Crippen LogP contribution in [0, 0.1) is 6.92 Å². The lowest BCUT2D eigenvalue weighted by Gasteiger charge is -2.12. The number of nitrogen functional groups attached to an aromatic ring is 1. The monoisotopic (exact) mass is 453 g/mol. The number of hydrogen-bond donors (Lipinski definition) is 2. The van der Waals surface area contributed by atoms with Crippen LogP contribution in [0.4, 0.5) is 11.4 Å². The summed E-state index contributed by atoms with van der Waals surface area (Å²) in [7, 11) is -3.78. The first-order valence-corrected chi connectivity index (χ1v) is 9.05. The Morgan fingerprint density at radius 1 is 1.29 bits per heavy atom. The highest BCUT2D eigenvalue weighted by atomic mass is 79.9. The van der Waals surface area contributed by atoms with E-state index in [-0.39, 0.29) is 10.0 Å². The molecule has 9 heteroatoms. The van der Waals surface area contributed by atoms with Crippen LogP contribution in [0.15, 0.2) is 38.2 Å². The van der Waals surface area contributed by atoms with Gasteiger partial charge in [0.25, 0.3) is 10.0 Å². The molecule has 0 unspecified atom stereocenters. The molecule has 1 aromatic heterocycles. The number of hydrogen-bond acceptors (Lipinski definition) is 4. The van der Waals surface area contributed by atoms with Crippen LogP contribution >= 0.6 is 43.5 Å². The van der Waals surface area contributed by atoms with Crippen LogP contribution in [0.3, 0.4) is 0 Å². The summed E-state index contributed by atoms with van der Waals surface area (Å²) >= 11 is 12.2. The number of nitrogens with one attached hydrogen (secondary N) is 1. The number of nitrogens with two attached hydrogens (primary N) is 1. The first kappa shape index (κ1) is 16.5. The molecule has 0 aliphatic heterocycles. The largest absolute Gasteiger partial charge is 0.398 e. The van der Waals surface area contributed by atoms with Crippen molar-refractivity contribution in [2.75, 3.05) is 10.5 Å². The molecule has 0 saturated heterocycles. The average Bonchev–Trinajstić information content (AvgIpc) is 2.37. The maximum Gasteiger partial charge on any atom is 0.262 e. The lowest BCUT2D eigenvalue weighted by Crippen LogP contribution is -2.15. The van der Waals surface area contributed by atoms with Crippen molar-refractivity contribution in [1.29, 1.82) is 0 Å². The zero-order valence-electron chi connectivity index (χ0n) is 10.7. The Hall–Kier alpha value is -0.830. The zero-order valence-corrected chi connectivity index (χ0v) is 15.4. The summed E-state index contributed by atoms with van der Waals surface area (Å²) in [5.74, 6) is 0. The SMILES string of the molecule is Cc1c(N)cc(Br)cc1S(=O)(=O)Nc1cnc(Cl)c(Br)c1. The minimum atomic E-state index is -3.78. The first-order valence-electron chi connectivity index (χ1n) is 5.60. The Morgan fingerprint density at radius 3 is 2.57 bits per heavy atom. The van der Waals surface area contributed by atoms with Gasteiger partial charge in [0.15, 0.2) is 0 Å². The van der Waals surface area contributed by atoms with Gasteiger partial charge in [-0.25, -0.2) is 13.4 Å². The third kappa shape index (κ3) is 3.68. The van der Waals surface area contributed by atoms with Crippen molar-refractivity contribution in [2.24, 2.45) is 0 Å². The van der Waals surface area contributed by atoms with E-state index in [1.165, 1.54) is 18.3 Å². The smallest absolute Gasteiger partial charge is 0.262 e. The summed E-state index contributed by atoms with van der Waals surface area (Å²) in [6.07, 6.45) is 1.33. The van der Waals surface area contributed by atoms with Crippen LogP contribution in [-0.4, -0.2) is 13.4 Å². The fraction of sp³-hybridized carbons (Fsp3) is 0.0833. The quantitative estimate of drug-likeness (QED) is 0.542. The van der Waals surface area contributed by atoms with E-state index in [1.807, 2.05) is 0 Å². The normalized spacial score (nSPS) is 11.4. The van der Waals surface area contributed by atoms with Gasteiger partial charge in [0.1, 0.15) is 5.15 Å². The summed E-state index contributed by atoms with van der Waals surface area (Å²) in [6.45, 7) is 1.65. The molecule has 2 rings (SSSR count). The van der Waals surface area contributed by atoms with Crippen molar-refractivity contribution in [3.63, 3.8) is 0 Å². The molecule has 0 amide bonds. The van der Waals surface area contributed by atoms with Crippen molar-refractivity contribution in [1.82, 2.24) is 4.98 Å². The maximum atomic E-state index is 12.5. The second-order valence-electron chi connectivity index (χ2n) is 4.22. The van der Waals surface area contributed by atoms with Crippen molar-refractivity contribution in [2.45, 2.75) is 11.8 Å². The fourth-order valence-electron chi connectivity index (χ4n) is 1.64. The second kappa shape index (κ2) is 6.12. The van der Waals surface area contributed by atoms with Gasteiger partial charge >= 0.3 is 0 Å². The summed E-state index contributed by atoms with van der Waals surface area (Å²) in [4.78, 5) is 3.97. The molecule has 21 heavy (non-hydrogen) atoms. The summed E-state index contributed by atoms with van der Waals surface area (Å²) in [6, 6.07) is 4.67. The molecule has 112 valence electrons. The number of pyridine rings is 1. The van der Waals surface area contributed by atoms with Crippen LogP contribution in [0.1, 0.15) is 5.56 Å². The standard InChI is InChI=1S/C12H10Br2ClN3O2S/c1-6-10(16)2-7(13)3-11(6)21(19,20)18-8-4-9(14)12(15)17-5-8/h2-5,18H,16H2,1H3. The van der Waals surface area contributed by atoms with Gasteiger partial charge in [0, 0.05) is 10.2 Å². The van der Waals surface area contributed by atoms with Gasteiger partial charge in [-0.15, -0.1) is 0 Å². The van der Waals surface area contributed by atoms with Gasteiger partial charge in [-0.3, -0.25) is 4.72 Å². The van der Waals surface area contributed by atoms with Crippen LogP contribution < -0.4 is 10.5 Å². The minimum absolute atomic E-state index is 0.0976. The maximum absolute atomic E-state index is 12.5. The Kier molecular flexibility index (Phi) is 4.82. The Labute approximate surface area is 144 Å². The number of aromatic nitrogens is 1. The van der Waals surface area contributed by atoms with E-state index < -0.39 is 10.0 Å². The predicted octanol–water partition coefficient (Wildman–Crippen LogP) is 3.95. The Morgan fingerprint density at radius 2 is 1.95 bits per heavy atom. The van der Waals surface area contributed by atoms with Crippen LogP contribution in [0.25, 0.3) is 0 Å². The van der Waals surface area contributed by atoms with Gasteiger partial charge in [0.2, 0.25) is 0 Å². The molecule has 0 spiro atoms. The van der Waals surface area contributed by atoms with E-state index >= 15 is 0 Å². The van der Waals surface area contributed by atoms with E-state index in [1.54, 1.807) is 13.0 Å². The molecule has 0 saturated carbocycles. The van der Waals surface area contributed by atoms with Crippen molar-refractivity contribution >= 4 is 64.9 Å². The van der Waals surface area contributed by atoms with Crippen molar-refractivity contribution in [3.05, 3.63) is 44.1 Å². The Balaban J connectivity index is 2.45. The highest BCUT2D eigenvalue weighted by Gasteiger charge is 2.19. The molecule has 0 aliphatic rings. The lowest BCUT2D eigenvalue weighted by atomic mass is 10.2. The number of sulfonamides is 1. The molecule has 0 aliphatic carbocycles. The second-order valence-corrected chi connectivity index (χ2v) is 8.00. The molecule has 0 bridgehead atoms. The molecular weight excluding hydrogens is 445 g/mol. The van der Waals surface area contributed by atoms with Crippen LogP contribution in [0.2, 0.25) is 5.15 Å².